The molecule has 0 fully saturated rings. The molecule has 0 amide bonds. The van der Waals surface area contributed by atoms with Crippen LogP contribution >= 0.6 is 0 Å². The van der Waals surface area contributed by atoms with Crippen LogP contribution in [0.3, 0.4) is 0 Å². The van der Waals surface area contributed by atoms with E-state index in [1.54, 1.807) is 0 Å². The van der Waals surface area contributed by atoms with Gasteiger partial charge < -0.3 is 5.73 Å². The van der Waals surface area contributed by atoms with Crippen LogP contribution in [0.2, 0.25) is 0 Å². The minimum Gasteiger partial charge on any atom is -0.330 e. The minimum atomic E-state index is 0.486. The van der Waals surface area contributed by atoms with Crippen LogP contribution in [-0.4, -0.2) is 6.54 Å². The molecule has 138 valence electrons. The predicted molar refractivity (Wildman–Crippen MR) is 116 cm³/mol. The first-order chi connectivity index (χ1) is 12.9. The van der Waals surface area contributed by atoms with Crippen molar-refractivity contribution < 1.29 is 0 Å². The molecule has 2 rings (SSSR count). The highest BCUT2D eigenvalue weighted by Gasteiger charge is 2.01. The van der Waals surface area contributed by atoms with E-state index in [0.29, 0.717) is 5.92 Å². The topological polar surface area (TPSA) is 26.0 Å². The highest BCUT2D eigenvalue weighted by atomic mass is 14.5. The summed E-state index contributed by atoms with van der Waals surface area (Å²) >= 11 is 0. The van der Waals surface area contributed by atoms with E-state index >= 15 is 0 Å². The van der Waals surface area contributed by atoms with E-state index in [9.17, 15) is 0 Å². The number of hydrogen-bond acceptors (Lipinski definition) is 1. The van der Waals surface area contributed by atoms with E-state index in [1.807, 2.05) is 0 Å². The van der Waals surface area contributed by atoms with Crippen molar-refractivity contribution >= 4 is 12.2 Å². The SMILES string of the molecule is NCCCCCCCCC(C=Cc1ccccc1)C=Cc1ccccc1. The maximum atomic E-state index is 5.56. The number of allylic oxidation sites excluding steroid dienone is 2. The van der Waals surface area contributed by atoms with E-state index in [1.165, 1.54) is 56.1 Å². The first-order valence-electron chi connectivity index (χ1n) is 10.0. The van der Waals surface area contributed by atoms with Gasteiger partial charge in [0, 0.05) is 0 Å². The monoisotopic (exact) mass is 347 g/mol. The fraction of sp³-hybridized carbons (Fsp3) is 0.360. The molecule has 0 atom stereocenters. The van der Waals surface area contributed by atoms with E-state index < -0.39 is 0 Å². The molecule has 0 saturated carbocycles. The molecule has 2 N–H and O–H groups in total. The van der Waals surface area contributed by atoms with Gasteiger partial charge in [-0.2, -0.15) is 0 Å². The molecule has 0 aliphatic heterocycles. The van der Waals surface area contributed by atoms with Crippen molar-refractivity contribution in [3.63, 3.8) is 0 Å². The van der Waals surface area contributed by atoms with Gasteiger partial charge in [-0.15, -0.1) is 0 Å². The van der Waals surface area contributed by atoms with Crippen LogP contribution in [0.5, 0.6) is 0 Å². The Balaban J connectivity index is 1.86. The Morgan fingerprint density at radius 3 is 1.58 bits per heavy atom. The quantitative estimate of drug-likeness (QED) is 0.424. The molecular formula is C25H33N. The summed E-state index contributed by atoms with van der Waals surface area (Å²) in [6, 6.07) is 21.1. The van der Waals surface area contributed by atoms with Crippen LogP contribution in [0.15, 0.2) is 72.8 Å². The normalized spacial score (nSPS) is 12.8. The molecule has 1 nitrogen and oxygen atoms in total. The van der Waals surface area contributed by atoms with Crippen LogP contribution in [0.1, 0.15) is 56.1 Å². The number of nitrogens with two attached hydrogens (primary N) is 1. The van der Waals surface area contributed by atoms with E-state index in [2.05, 4.69) is 85.0 Å². The van der Waals surface area contributed by atoms with Gasteiger partial charge in [0.2, 0.25) is 0 Å². The molecule has 0 aliphatic carbocycles. The van der Waals surface area contributed by atoms with Gasteiger partial charge in [0.15, 0.2) is 0 Å². The zero-order valence-electron chi connectivity index (χ0n) is 15.9. The fourth-order valence-corrected chi connectivity index (χ4v) is 3.09. The van der Waals surface area contributed by atoms with Gasteiger partial charge in [0.05, 0.1) is 0 Å². The van der Waals surface area contributed by atoms with E-state index in [-0.39, 0.29) is 0 Å². The van der Waals surface area contributed by atoms with Gasteiger partial charge >= 0.3 is 0 Å². The van der Waals surface area contributed by atoms with Crippen molar-refractivity contribution in [2.45, 2.75) is 44.9 Å². The summed E-state index contributed by atoms with van der Waals surface area (Å²) in [6.07, 6.45) is 18.1. The molecule has 0 bridgehead atoms. The first kappa shape index (κ1) is 20.2. The van der Waals surface area contributed by atoms with Gasteiger partial charge in [0.1, 0.15) is 0 Å². The highest BCUT2D eigenvalue weighted by molar-refractivity contribution is 5.52. The predicted octanol–water partition coefficient (Wildman–Crippen LogP) is 6.72. The smallest absolute Gasteiger partial charge is 0.00468 e. The second kappa shape index (κ2) is 13.1. The number of benzene rings is 2. The van der Waals surface area contributed by atoms with Crippen molar-refractivity contribution in [3.05, 3.63) is 83.9 Å². The van der Waals surface area contributed by atoms with Gasteiger partial charge in [-0.3, -0.25) is 0 Å². The van der Waals surface area contributed by atoms with Crippen LogP contribution in [0.4, 0.5) is 0 Å². The third-order valence-electron chi connectivity index (χ3n) is 4.66. The average molecular weight is 348 g/mol. The molecule has 2 aromatic rings. The van der Waals surface area contributed by atoms with Crippen LogP contribution in [-0.2, 0) is 0 Å². The van der Waals surface area contributed by atoms with Crippen LogP contribution in [0, 0.1) is 5.92 Å². The van der Waals surface area contributed by atoms with E-state index in [0.717, 1.165) is 6.54 Å². The van der Waals surface area contributed by atoms with Crippen LogP contribution in [0.25, 0.3) is 12.2 Å². The molecule has 0 heterocycles. The summed E-state index contributed by atoms with van der Waals surface area (Å²) in [4.78, 5) is 0. The lowest BCUT2D eigenvalue weighted by atomic mass is 9.97. The molecule has 1 heteroatoms. The molecule has 0 aliphatic rings. The maximum Gasteiger partial charge on any atom is -0.00468 e. The third kappa shape index (κ3) is 8.82. The lowest BCUT2D eigenvalue weighted by molar-refractivity contribution is 0.560. The molecule has 0 saturated heterocycles. The summed E-state index contributed by atoms with van der Waals surface area (Å²) in [5.41, 5.74) is 8.10. The molecule has 0 radical (unpaired) electrons. The summed E-state index contributed by atoms with van der Waals surface area (Å²) < 4.78 is 0. The van der Waals surface area contributed by atoms with Crippen molar-refractivity contribution in [2.24, 2.45) is 11.7 Å². The summed E-state index contributed by atoms with van der Waals surface area (Å²) in [6.45, 7) is 0.830. The Morgan fingerprint density at radius 1 is 0.615 bits per heavy atom. The summed E-state index contributed by atoms with van der Waals surface area (Å²) in [5, 5.41) is 0. The number of unbranched alkanes of at least 4 members (excludes halogenated alkanes) is 5. The Labute approximate surface area is 159 Å². The Hall–Kier alpha value is -2.12. The molecule has 0 aromatic heterocycles. The number of hydrogen-bond donors (Lipinski definition) is 1. The van der Waals surface area contributed by atoms with Crippen LogP contribution < -0.4 is 5.73 Å². The molecule has 0 spiro atoms. The Bertz CT molecular complexity index is 578. The van der Waals surface area contributed by atoms with Crippen molar-refractivity contribution in [3.8, 4) is 0 Å². The highest BCUT2D eigenvalue weighted by Crippen LogP contribution is 2.18. The average Bonchev–Trinajstić information content (AvgIpc) is 2.70. The molecule has 26 heavy (non-hydrogen) atoms. The second-order valence-electron chi connectivity index (χ2n) is 6.90. The van der Waals surface area contributed by atoms with Gasteiger partial charge in [-0.25, -0.2) is 0 Å². The minimum absolute atomic E-state index is 0.486. The van der Waals surface area contributed by atoms with Gasteiger partial charge in [-0.1, -0.05) is 117 Å². The molecule has 2 aromatic carbocycles. The lowest BCUT2D eigenvalue weighted by Gasteiger charge is -2.08. The Kier molecular flexibility index (Phi) is 10.2. The van der Waals surface area contributed by atoms with E-state index in [4.69, 9.17) is 5.73 Å². The van der Waals surface area contributed by atoms with Crippen molar-refractivity contribution in [1.82, 2.24) is 0 Å². The fourth-order valence-electron chi connectivity index (χ4n) is 3.09. The second-order valence-corrected chi connectivity index (χ2v) is 6.90. The molecular weight excluding hydrogens is 314 g/mol. The third-order valence-corrected chi connectivity index (χ3v) is 4.66. The standard InChI is InChI=1S/C25H33N/c26-22-12-4-2-1-3-7-17-25(20-18-23-13-8-5-9-14-23)21-19-24-15-10-6-11-16-24/h5-6,8-11,13-16,18-21,25H,1-4,7,12,17,22,26H2. The largest absolute Gasteiger partial charge is 0.330 e. The zero-order chi connectivity index (χ0) is 18.3. The van der Waals surface area contributed by atoms with Gasteiger partial charge in [-0.05, 0) is 36.4 Å². The zero-order valence-corrected chi connectivity index (χ0v) is 15.9. The van der Waals surface area contributed by atoms with Gasteiger partial charge in [0.25, 0.3) is 0 Å². The molecule has 0 unspecified atom stereocenters. The number of rotatable bonds is 12. The van der Waals surface area contributed by atoms with Crippen molar-refractivity contribution in [2.75, 3.05) is 6.54 Å². The lowest BCUT2D eigenvalue weighted by Crippen LogP contribution is -1.97. The summed E-state index contributed by atoms with van der Waals surface area (Å²) in [7, 11) is 0. The van der Waals surface area contributed by atoms with Crippen molar-refractivity contribution in [1.29, 1.82) is 0 Å². The Morgan fingerprint density at radius 2 is 1.08 bits per heavy atom. The summed E-state index contributed by atoms with van der Waals surface area (Å²) in [5.74, 6) is 0.486. The first-order valence-corrected chi connectivity index (χ1v) is 10.0. The maximum absolute atomic E-state index is 5.56.